The lowest BCUT2D eigenvalue weighted by Crippen LogP contribution is -2.42. The zero-order valence-corrected chi connectivity index (χ0v) is 10.7. The van der Waals surface area contributed by atoms with Crippen LogP contribution in [0.25, 0.3) is 0 Å². The number of alkyl halides is 1. The molecule has 8 heteroatoms. The Morgan fingerprint density at radius 1 is 1.55 bits per heavy atom. The number of hydrogen-bond donors (Lipinski definition) is 2. The molecule has 20 heavy (non-hydrogen) atoms. The third kappa shape index (κ3) is 2.95. The number of amides is 2. The molecule has 0 bridgehead atoms. The molecule has 1 aliphatic rings. The van der Waals surface area contributed by atoms with Crippen molar-refractivity contribution in [3.63, 3.8) is 0 Å². The molecule has 2 amide bonds. The van der Waals surface area contributed by atoms with Crippen molar-refractivity contribution in [2.24, 2.45) is 0 Å². The second-order valence-corrected chi connectivity index (χ2v) is 4.34. The minimum atomic E-state index is -1.33. The third-order valence-corrected chi connectivity index (χ3v) is 2.98. The maximum atomic E-state index is 13.3. The number of carbonyl (C=O) groups is 2. The van der Waals surface area contributed by atoms with E-state index in [4.69, 9.17) is 9.84 Å². The second-order valence-electron chi connectivity index (χ2n) is 4.34. The summed E-state index contributed by atoms with van der Waals surface area (Å²) in [4.78, 5) is 27.7. The predicted octanol–water partition coefficient (Wildman–Crippen LogP) is 1.12. The Hall–Kier alpha value is -2.38. The van der Waals surface area contributed by atoms with E-state index in [0.717, 1.165) is 4.90 Å². The Bertz CT molecular complexity index is 525. The Kier molecular flexibility index (Phi) is 4.02. The van der Waals surface area contributed by atoms with Crippen molar-refractivity contribution in [3.8, 4) is 5.88 Å². The first-order valence-corrected chi connectivity index (χ1v) is 5.97. The van der Waals surface area contributed by atoms with Gasteiger partial charge in [0.2, 0.25) is 11.8 Å². The average Bonchev–Trinajstić information content (AvgIpc) is 2.81. The van der Waals surface area contributed by atoms with Crippen LogP contribution in [0.5, 0.6) is 5.88 Å². The van der Waals surface area contributed by atoms with Gasteiger partial charge in [-0.05, 0) is 6.07 Å². The van der Waals surface area contributed by atoms with Crippen molar-refractivity contribution in [2.75, 3.05) is 19.0 Å². The van der Waals surface area contributed by atoms with Crippen molar-refractivity contribution in [1.82, 2.24) is 9.88 Å². The van der Waals surface area contributed by atoms with Crippen LogP contribution in [0.2, 0.25) is 0 Å². The number of pyridine rings is 1. The highest BCUT2D eigenvalue weighted by Gasteiger charge is 2.40. The van der Waals surface area contributed by atoms with Gasteiger partial charge in [-0.1, -0.05) is 6.07 Å². The van der Waals surface area contributed by atoms with E-state index in [0.29, 0.717) is 5.88 Å². The molecule has 0 aromatic carbocycles. The van der Waals surface area contributed by atoms with Crippen LogP contribution in [0.15, 0.2) is 18.2 Å². The smallest absolute Gasteiger partial charge is 0.408 e. The summed E-state index contributed by atoms with van der Waals surface area (Å²) in [5, 5.41) is 11.4. The van der Waals surface area contributed by atoms with Gasteiger partial charge in [-0.3, -0.25) is 9.69 Å². The van der Waals surface area contributed by atoms with E-state index in [1.54, 1.807) is 12.1 Å². The number of carbonyl (C=O) groups excluding carboxylic acids is 1. The van der Waals surface area contributed by atoms with Crippen LogP contribution in [0.1, 0.15) is 6.42 Å². The number of nitrogens with zero attached hydrogens (tertiary/aromatic N) is 2. The number of likely N-dealkylation sites (tertiary alicyclic amines) is 1. The molecule has 2 atom stereocenters. The van der Waals surface area contributed by atoms with Gasteiger partial charge in [0.15, 0.2) is 0 Å². The van der Waals surface area contributed by atoms with Crippen LogP contribution in [0.3, 0.4) is 0 Å². The van der Waals surface area contributed by atoms with E-state index in [-0.39, 0.29) is 18.8 Å². The van der Waals surface area contributed by atoms with Crippen LogP contribution < -0.4 is 10.1 Å². The highest BCUT2D eigenvalue weighted by atomic mass is 19.1. The van der Waals surface area contributed by atoms with E-state index < -0.39 is 24.2 Å². The van der Waals surface area contributed by atoms with Crippen molar-refractivity contribution in [3.05, 3.63) is 18.2 Å². The monoisotopic (exact) mass is 283 g/mol. The van der Waals surface area contributed by atoms with Crippen LogP contribution in [-0.2, 0) is 4.79 Å². The normalized spacial score (nSPS) is 21.6. The van der Waals surface area contributed by atoms with E-state index >= 15 is 0 Å². The largest absolute Gasteiger partial charge is 0.481 e. The van der Waals surface area contributed by atoms with Crippen molar-refractivity contribution >= 4 is 17.8 Å². The fourth-order valence-electron chi connectivity index (χ4n) is 2.05. The van der Waals surface area contributed by atoms with Gasteiger partial charge < -0.3 is 15.2 Å². The number of anilines is 1. The molecule has 0 radical (unpaired) electrons. The quantitative estimate of drug-likeness (QED) is 0.867. The topological polar surface area (TPSA) is 91.8 Å². The molecule has 1 fully saturated rings. The van der Waals surface area contributed by atoms with Gasteiger partial charge in [0.25, 0.3) is 0 Å². The van der Waals surface area contributed by atoms with E-state index in [1.165, 1.54) is 13.2 Å². The molecule has 1 saturated heterocycles. The first-order valence-electron chi connectivity index (χ1n) is 5.97. The predicted molar refractivity (Wildman–Crippen MR) is 67.5 cm³/mol. The molecule has 1 aromatic heterocycles. The minimum Gasteiger partial charge on any atom is -0.481 e. The summed E-state index contributed by atoms with van der Waals surface area (Å²) in [6, 6.07) is 3.72. The number of carboxylic acid groups (broad SMARTS) is 1. The molecular formula is C12H14FN3O4. The van der Waals surface area contributed by atoms with E-state index in [1.807, 2.05) is 0 Å². The van der Waals surface area contributed by atoms with Gasteiger partial charge in [0, 0.05) is 12.5 Å². The summed E-state index contributed by atoms with van der Waals surface area (Å²) in [5.41, 5.74) is 0. The number of methoxy groups -OCH3 is 1. The zero-order chi connectivity index (χ0) is 14.7. The number of ether oxygens (including phenoxy) is 1. The highest BCUT2D eigenvalue weighted by Crippen LogP contribution is 2.22. The molecule has 0 spiro atoms. The fraction of sp³-hybridized carbons (Fsp3) is 0.417. The molecule has 2 N–H and O–H groups in total. The lowest BCUT2D eigenvalue weighted by atomic mass is 10.2. The number of nitrogens with one attached hydrogen (secondary N) is 1. The first kappa shape index (κ1) is 14.0. The maximum Gasteiger partial charge on any atom is 0.408 e. The number of aromatic nitrogens is 1. The van der Waals surface area contributed by atoms with Crippen LogP contribution in [-0.4, -0.2) is 52.9 Å². The SMILES string of the molecule is COc1cccc(NC(=O)[C@@H]2C[C@@H](F)CN2C(=O)O)n1. The summed E-state index contributed by atoms with van der Waals surface area (Å²) >= 11 is 0. The Labute approximate surface area is 114 Å². The summed E-state index contributed by atoms with van der Waals surface area (Å²) in [5.74, 6) is -0.0667. The summed E-state index contributed by atoms with van der Waals surface area (Å²) in [6.07, 6.45) is -2.80. The van der Waals surface area contributed by atoms with Gasteiger partial charge >= 0.3 is 6.09 Å². The lowest BCUT2D eigenvalue weighted by Gasteiger charge is -2.19. The average molecular weight is 283 g/mol. The van der Waals surface area contributed by atoms with Gasteiger partial charge in [0.05, 0.1) is 13.7 Å². The van der Waals surface area contributed by atoms with Gasteiger partial charge in [-0.25, -0.2) is 9.18 Å². The molecule has 0 saturated carbocycles. The second kappa shape index (κ2) is 5.72. The summed E-state index contributed by atoms with van der Waals surface area (Å²) in [7, 11) is 1.44. The lowest BCUT2D eigenvalue weighted by molar-refractivity contribution is -0.120. The molecule has 1 aromatic rings. The standard InChI is InChI=1S/C12H14FN3O4/c1-20-10-4-2-3-9(14-10)15-11(17)8-5-7(13)6-16(8)12(18)19/h2-4,7-8H,5-6H2,1H3,(H,18,19)(H,14,15,17)/t7-,8+/m1/s1. The summed E-state index contributed by atoms with van der Waals surface area (Å²) in [6.45, 7) is -0.293. The molecule has 7 nitrogen and oxygen atoms in total. The molecule has 1 aliphatic heterocycles. The van der Waals surface area contributed by atoms with Gasteiger partial charge in [0.1, 0.15) is 18.0 Å². The zero-order valence-electron chi connectivity index (χ0n) is 10.7. The Morgan fingerprint density at radius 3 is 2.95 bits per heavy atom. The van der Waals surface area contributed by atoms with Gasteiger partial charge in [-0.2, -0.15) is 4.98 Å². The molecule has 2 heterocycles. The highest BCUT2D eigenvalue weighted by molar-refractivity contribution is 5.96. The van der Waals surface area contributed by atoms with Crippen LogP contribution >= 0.6 is 0 Å². The summed E-state index contributed by atoms with van der Waals surface area (Å²) < 4.78 is 18.2. The van der Waals surface area contributed by atoms with Crippen molar-refractivity contribution < 1.29 is 23.8 Å². The number of rotatable bonds is 3. The third-order valence-electron chi connectivity index (χ3n) is 2.98. The Morgan fingerprint density at radius 2 is 2.30 bits per heavy atom. The van der Waals surface area contributed by atoms with Crippen molar-refractivity contribution in [2.45, 2.75) is 18.6 Å². The van der Waals surface area contributed by atoms with Crippen molar-refractivity contribution in [1.29, 1.82) is 0 Å². The van der Waals surface area contributed by atoms with Gasteiger partial charge in [-0.15, -0.1) is 0 Å². The minimum absolute atomic E-state index is 0.151. The first-order chi connectivity index (χ1) is 9.51. The van der Waals surface area contributed by atoms with Crippen LogP contribution in [0, 0.1) is 0 Å². The van der Waals surface area contributed by atoms with E-state index in [2.05, 4.69) is 10.3 Å². The molecule has 0 aliphatic carbocycles. The molecule has 2 rings (SSSR count). The molecule has 0 unspecified atom stereocenters. The fourth-order valence-corrected chi connectivity index (χ4v) is 2.05. The van der Waals surface area contributed by atoms with E-state index in [9.17, 15) is 14.0 Å². The number of halogens is 1. The maximum absolute atomic E-state index is 13.3. The number of hydrogen-bond acceptors (Lipinski definition) is 4. The van der Waals surface area contributed by atoms with Crippen LogP contribution in [0.4, 0.5) is 15.0 Å². The molecular weight excluding hydrogens is 269 g/mol. The molecule has 108 valence electrons. The Balaban J connectivity index is 2.09.